The molecule has 0 radical (unpaired) electrons. The molecule has 3 aromatic heterocycles. The summed E-state index contributed by atoms with van der Waals surface area (Å²) in [5.41, 5.74) is 1.16. The Morgan fingerprint density at radius 1 is 1.08 bits per heavy atom. The van der Waals surface area contributed by atoms with Gasteiger partial charge in [-0.15, -0.1) is 0 Å². The number of rotatable bonds is 6. The van der Waals surface area contributed by atoms with Crippen molar-refractivity contribution in [3.63, 3.8) is 0 Å². The van der Waals surface area contributed by atoms with Crippen molar-refractivity contribution in [3.05, 3.63) is 71.8 Å². The van der Waals surface area contributed by atoms with Gasteiger partial charge in [-0.2, -0.15) is 13.2 Å². The van der Waals surface area contributed by atoms with Gasteiger partial charge in [0, 0.05) is 42.3 Å². The number of carbonyl (C=O) groups excluding carboxylic acids is 1. The van der Waals surface area contributed by atoms with E-state index in [0.717, 1.165) is 6.07 Å². The van der Waals surface area contributed by atoms with Gasteiger partial charge in [-0.25, -0.2) is 15.0 Å². The van der Waals surface area contributed by atoms with E-state index < -0.39 is 11.7 Å². The minimum absolute atomic E-state index is 0.0461. The minimum atomic E-state index is -4.57. The lowest BCUT2D eigenvalue weighted by Crippen LogP contribution is -2.45. The van der Waals surface area contributed by atoms with E-state index in [1.807, 2.05) is 13.8 Å². The Balaban J connectivity index is 1.57. The number of hydrogen-bond acceptors (Lipinski definition) is 8. The second kappa shape index (κ2) is 10.7. The quantitative estimate of drug-likeness (QED) is 0.316. The number of benzene rings is 1. The first-order valence-electron chi connectivity index (χ1n) is 12.5. The lowest BCUT2D eigenvalue weighted by molar-refractivity contribution is -0.137. The number of Topliss-reactive ketones (excluding diaryl/α,β-unsaturated/α-hetero) is 1. The summed E-state index contributed by atoms with van der Waals surface area (Å²) < 4.78 is 46.9. The van der Waals surface area contributed by atoms with Gasteiger partial charge in [0.1, 0.15) is 11.3 Å². The molecule has 11 heteroatoms. The minimum Gasteiger partial charge on any atom is -0.373 e. The first-order valence-corrected chi connectivity index (χ1v) is 12.5. The van der Waals surface area contributed by atoms with Gasteiger partial charge in [0.05, 0.1) is 35.5 Å². The first kappa shape index (κ1) is 26.6. The van der Waals surface area contributed by atoms with Gasteiger partial charge in [-0.1, -0.05) is 0 Å². The van der Waals surface area contributed by atoms with Gasteiger partial charge >= 0.3 is 6.18 Å². The Morgan fingerprint density at radius 2 is 1.79 bits per heavy atom. The summed E-state index contributed by atoms with van der Waals surface area (Å²) in [5, 5.41) is 3.24. The second-order valence-electron chi connectivity index (χ2n) is 9.69. The highest BCUT2D eigenvalue weighted by Gasteiger charge is 2.34. The Kier molecular flexibility index (Phi) is 7.28. The van der Waals surface area contributed by atoms with Crippen LogP contribution in [0.1, 0.15) is 42.5 Å². The maximum atomic E-state index is 13.7. The zero-order chi connectivity index (χ0) is 27.7. The summed E-state index contributed by atoms with van der Waals surface area (Å²) in [5.74, 6) is 0.846. The second-order valence-corrected chi connectivity index (χ2v) is 9.69. The molecule has 1 aliphatic rings. The van der Waals surface area contributed by atoms with E-state index >= 15 is 0 Å². The van der Waals surface area contributed by atoms with Crippen molar-refractivity contribution in [2.45, 2.75) is 45.7 Å². The highest BCUT2D eigenvalue weighted by atomic mass is 19.4. The number of aromatic nitrogens is 4. The molecule has 4 heterocycles. The number of fused-ring (bicyclic) bond motifs is 1. The van der Waals surface area contributed by atoms with Crippen molar-refractivity contribution < 1.29 is 22.7 Å². The predicted octanol–water partition coefficient (Wildman–Crippen LogP) is 5.66. The van der Waals surface area contributed by atoms with Crippen molar-refractivity contribution in [3.8, 4) is 11.3 Å². The number of anilines is 2. The van der Waals surface area contributed by atoms with E-state index in [1.165, 1.54) is 25.4 Å². The van der Waals surface area contributed by atoms with Gasteiger partial charge in [0.15, 0.2) is 11.6 Å². The number of ketones is 1. The van der Waals surface area contributed by atoms with Crippen LogP contribution >= 0.6 is 0 Å². The van der Waals surface area contributed by atoms with E-state index in [2.05, 4.69) is 25.2 Å². The van der Waals surface area contributed by atoms with Crippen LogP contribution < -0.4 is 5.32 Å². The van der Waals surface area contributed by atoms with Crippen molar-refractivity contribution in [2.24, 2.45) is 0 Å². The van der Waals surface area contributed by atoms with Crippen molar-refractivity contribution in [1.82, 2.24) is 24.8 Å². The van der Waals surface area contributed by atoms with Gasteiger partial charge < -0.3 is 10.1 Å². The molecule has 0 aliphatic carbocycles. The fourth-order valence-corrected chi connectivity index (χ4v) is 4.76. The summed E-state index contributed by atoms with van der Waals surface area (Å²) >= 11 is 0. The maximum absolute atomic E-state index is 13.7. The molecule has 1 saturated heterocycles. The molecule has 2 atom stereocenters. The number of morpholine rings is 1. The van der Waals surface area contributed by atoms with Gasteiger partial charge in [0.2, 0.25) is 0 Å². The number of nitrogens with one attached hydrogen (secondary N) is 1. The molecule has 1 fully saturated rings. The van der Waals surface area contributed by atoms with E-state index in [4.69, 9.17) is 9.72 Å². The zero-order valence-corrected chi connectivity index (χ0v) is 21.7. The SMILES string of the molecule is CC(=O)c1ccc(Nc2nc(CN3CC(C)OC(C)C3)nc3cc(-c4ncccc4C(F)(F)F)cnc23)cc1. The Labute approximate surface area is 223 Å². The fourth-order valence-electron chi connectivity index (χ4n) is 4.76. The van der Waals surface area contributed by atoms with Crippen LogP contribution in [-0.4, -0.2) is 55.9 Å². The normalized spacial score (nSPS) is 18.3. The third-order valence-corrected chi connectivity index (χ3v) is 6.38. The fraction of sp³-hybridized carbons (Fsp3) is 0.321. The average Bonchev–Trinajstić information content (AvgIpc) is 2.87. The summed E-state index contributed by atoms with van der Waals surface area (Å²) in [6.07, 6.45) is -1.82. The number of hydrogen-bond donors (Lipinski definition) is 1. The molecule has 1 aliphatic heterocycles. The van der Waals surface area contributed by atoms with Crippen LogP contribution in [0.5, 0.6) is 0 Å². The Morgan fingerprint density at radius 3 is 2.46 bits per heavy atom. The third-order valence-electron chi connectivity index (χ3n) is 6.38. The molecular weight excluding hydrogens is 509 g/mol. The lowest BCUT2D eigenvalue weighted by Gasteiger charge is -2.34. The van der Waals surface area contributed by atoms with Crippen molar-refractivity contribution in [1.29, 1.82) is 0 Å². The van der Waals surface area contributed by atoms with Gasteiger partial charge in [0.25, 0.3) is 0 Å². The molecule has 0 spiro atoms. The smallest absolute Gasteiger partial charge is 0.373 e. The number of alkyl halides is 3. The third kappa shape index (κ3) is 6.04. The van der Waals surface area contributed by atoms with Gasteiger partial charge in [-0.3, -0.25) is 14.7 Å². The van der Waals surface area contributed by atoms with Gasteiger partial charge in [-0.05, 0) is 63.2 Å². The lowest BCUT2D eigenvalue weighted by atomic mass is 10.1. The summed E-state index contributed by atoms with van der Waals surface area (Å²) in [7, 11) is 0. The molecule has 0 saturated carbocycles. The van der Waals surface area contributed by atoms with Crippen molar-refractivity contribution >= 4 is 28.3 Å². The highest BCUT2D eigenvalue weighted by Crippen LogP contribution is 2.36. The molecule has 0 bridgehead atoms. The monoisotopic (exact) mass is 536 g/mol. The summed E-state index contributed by atoms with van der Waals surface area (Å²) in [6.45, 7) is 7.32. The number of ether oxygens (including phenoxy) is 1. The highest BCUT2D eigenvalue weighted by molar-refractivity contribution is 5.95. The predicted molar refractivity (Wildman–Crippen MR) is 141 cm³/mol. The summed E-state index contributed by atoms with van der Waals surface area (Å²) in [6, 6.07) is 10.7. The Bertz CT molecular complexity index is 1500. The van der Waals surface area contributed by atoms with Crippen molar-refractivity contribution in [2.75, 3.05) is 18.4 Å². The molecule has 4 aromatic rings. The van der Waals surface area contributed by atoms with Crippen LogP contribution in [0, 0.1) is 0 Å². The average molecular weight is 537 g/mol. The van der Waals surface area contributed by atoms with E-state index in [9.17, 15) is 18.0 Å². The number of pyridine rings is 2. The molecule has 39 heavy (non-hydrogen) atoms. The van der Waals surface area contributed by atoms with E-state index in [0.29, 0.717) is 53.6 Å². The van der Waals surface area contributed by atoms with Crippen LogP contribution in [0.15, 0.2) is 54.9 Å². The molecular formula is C28H27F3N6O2. The number of carbonyl (C=O) groups is 1. The Hall–Kier alpha value is -3.96. The molecule has 1 aromatic carbocycles. The van der Waals surface area contributed by atoms with Crippen LogP contribution in [0.25, 0.3) is 22.3 Å². The van der Waals surface area contributed by atoms with Crippen LogP contribution in [0.3, 0.4) is 0 Å². The standard InChI is InChI=1S/C28H27F3N6O2/c1-16-13-37(14-17(2)39-16)15-24-35-23-11-20(25-22(28(29,30)31)5-4-10-32-25)12-33-26(23)27(36-24)34-21-8-6-19(7-9-21)18(3)38/h4-12,16-17H,13-15H2,1-3H3,(H,34,35,36). The van der Waals surface area contributed by atoms with E-state index in [1.54, 1.807) is 30.3 Å². The van der Waals surface area contributed by atoms with Crippen LogP contribution in [0.4, 0.5) is 24.7 Å². The number of nitrogens with zero attached hydrogens (tertiary/aromatic N) is 5. The first-order chi connectivity index (χ1) is 18.6. The summed E-state index contributed by atoms with van der Waals surface area (Å²) in [4.78, 5) is 31.7. The molecule has 1 N–H and O–H groups in total. The van der Waals surface area contributed by atoms with Crippen LogP contribution in [-0.2, 0) is 17.5 Å². The molecule has 5 rings (SSSR count). The molecule has 0 amide bonds. The number of halogens is 3. The topological polar surface area (TPSA) is 93.1 Å². The molecule has 2 unspecified atom stereocenters. The largest absolute Gasteiger partial charge is 0.418 e. The molecule has 8 nitrogen and oxygen atoms in total. The van der Waals surface area contributed by atoms with Crippen LogP contribution in [0.2, 0.25) is 0 Å². The molecule has 202 valence electrons. The zero-order valence-electron chi connectivity index (χ0n) is 21.7. The van der Waals surface area contributed by atoms with E-state index in [-0.39, 0.29) is 29.2 Å². The maximum Gasteiger partial charge on any atom is 0.418 e.